The summed E-state index contributed by atoms with van der Waals surface area (Å²) >= 11 is 0. The Morgan fingerprint density at radius 2 is 1.96 bits per heavy atom. The standard InChI is InChI=1S/C16H14F5N5O/c17-10-2-1-9(12(18)6-10)5-11(22)7-14(27)25-3-4-26-13(8-25)23-24-15(26)16(19,20)21/h1-4,6,11H,5,7-8,22H2. The molecule has 144 valence electrons. The maximum atomic E-state index is 13.7. The number of carbonyl (C=O) groups is 1. The summed E-state index contributed by atoms with van der Waals surface area (Å²) in [5.41, 5.74) is 6.03. The van der Waals surface area contributed by atoms with Gasteiger partial charge in [0.15, 0.2) is 5.82 Å². The zero-order chi connectivity index (χ0) is 19.8. The normalized spacial score (nSPS) is 15.0. The molecule has 0 fully saturated rings. The fourth-order valence-corrected chi connectivity index (χ4v) is 2.69. The average Bonchev–Trinajstić information content (AvgIpc) is 3.00. The van der Waals surface area contributed by atoms with Gasteiger partial charge in [-0.2, -0.15) is 13.2 Å². The van der Waals surface area contributed by atoms with Crippen molar-refractivity contribution in [3.63, 3.8) is 0 Å². The van der Waals surface area contributed by atoms with E-state index in [2.05, 4.69) is 10.2 Å². The highest BCUT2D eigenvalue weighted by Gasteiger charge is 2.39. The van der Waals surface area contributed by atoms with E-state index in [9.17, 15) is 26.7 Å². The number of aromatic nitrogens is 3. The molecular weight excluding hydrogens is 373 g/mol. The summed E-state index contributed by atoms with van der Waals surface area (Å²) in [5.74, 6) is -3.17. The molecule has 1 atom stereocenters. The number of fused-ring (bicyclic) bond motifs is 1. The summed E-state index contributed by atoms with van der Waals surface area (Å²) in [7, 11) is 0. The monoisotopic (exact) mass is 387 g/mol. The van der Waals surface area contributed by atoms with E-state index in [4.69, 9.17) is 5.73 Å². The molecule has 2 N–H and O–H groups in total. The van der Waals surface area contributed by atoms with Gasteiger partial charge >= 0.3 is 6.18 Å². The Morgan fingerprint density at radius 3 is 2.63 bits per heavy atom. The molecule has 0 radical (unpaired) electrons. The minimum Gasteiger partial charge on any atom is -0.327 e. The first kappa shape index (κ1) is 19.0. The van der Waals surface area contributed by atoms with Crippen LogP contribution < -0.4 is 5.73 Å². The fraction of sp³-hybridized carbons (Fsp3) is 0.312. The number of halogens is 5. The lowest BCUT2D eigenvalue weighted by atomic mass is 10.0. The van der Waals surface area contributed by atoms with Gasteiger partial charge in [-0.15, -0.1) is 10.2 Å². The number of rotatable bonds is 4. The Kier molecular flexibility index (Phi) is 4.96. The highest BCUT2D eigenvalue weighted by Crippen LogP contribution is 2.29. The number of benzene rings is 1. The molecule has 0 bridgehead atoms. The number of hydrogen-bond acceptors (Lipinski definition) is 4. The molecule has 3 rings (SSSR count). The Balaban J connectivity index is 1.64. The molecule has 6 nitrogen and oxygen atoms in total. The third kappa shape index (κ3) is 4.13. The van der Waals surface area contributed by atoms with Crippen LogP contribution in [0.3, 0.4) is 0 Å². The molecular formula is C16H14F5N5O. The van der Waals surface area contributed by atoms with Gasteiger partial charge in [-0.1, -0.05) is 6.07 Å². The fourth-order valence-electron chi connectivity index (χ4n) is 2.69. The topological polar surface area (TPSA) is 77.0 Å². The first-order valence-electron chi connectivity index (χ1n) is 7.83. The lowest BCUT2D eigenvalue weighted by molar-refractivity contribution is -0.146. The second-order valence-corrected chi connectivity index (χ2v) is 6.03. The highest BCUT2D eigenvalue weighted by atomic mass is 19.4. The summed E-state index contributed by atoms with van der Waals surface area (Å²) in [6, 6.07) is 2.31. The Bertz CT molecular complexity index is 892. The molecule has 0 aliphatic carbocycles. The summed E-state index contributed by atoms with van der Waals surface area (Å²) in [5, 5.41) is 6.55. The third-order valence-electron chi connectivity index (χ3n) is 3.98. The lowest BCUT2D eigenvalue weighted by Crippen LogP contribution is -2.35. The molecule has 2 aromatic rings. The van der Waals surface area contributed by atoms with Gasteiger partial charge in [-0.25, -0.2) is 8.78 Å². The van der Waals surface area contributed by atoms with Crippen LogP contribution in [0.5, 0.6) is 0 Å². The molecule has 1 aliphatic rings. The predicted molar refractivity (Wildman–Crippen MR) is 83.6 cm³/mol. The van der Waals surface area contributed by atoms with Crippen LogP contribution in [0.15, 0.2) is 24.4 Å². The zero-order valence-electron chi connectivity index (χ0n) is 13.7. The van der Waals surface area contributed by atoms with E-state index in [1.807, 2.05) is 0 Å². The molecule has 0 saturated carbocycles. The van der Waals surface area contributed by atoms with E-state index in [1.54, 1.807) is 0 Å². The molecule has 2 heterocycles. The summed E-state index contributed by atoms with van der Waals surface area (Å²) in [4.78, 5) is 13.5. The van der Waals surface area contributed by atoms with E-state index < -0.39 is 35.6 Å². The van der Waals surface area contributed by atoms with Crippen molar-refractivity contribution in [2.75, 3.05) is 0 Å². The predicted octanol–water partition coefficient (Wildman–Crippen LogP) is 2.31. The van der Waals surface area contributed by atoms with Gasteiger partial charge < -0.3 is 10.6 Å². The van der Waals surface area contributed by atoms with Crippen LogP contribution in [-0.2, 0) is 23.9 Å². The SMILES string of the molecule is NC(CC(=O)N1C=Cn2c(nnc2C(F)(F)F)C1)Cc1ccc(F)cc1F. The van der Waals surface area contributed by atoms with E-state index in [1.165, 1.54) is 12.3 Å². The van der Waals surface area contributed by atoms with Gasteiger partial charge in [0, 0.05) is 30.9 Å². The van der Waals surface area contributed by atoms with Gasteiger partial charge in [0.1, 0.15) is 11.6 Å². The largest absolute Gasteiger partial charge is 0.452 e. The first-order valence-corrected chi connectivity index (χ1v) is 7.83. The molecule has 1 unspecified atom stereocenters. The van der Waals surface area contributed by atoms with Crippen molar-refractivity contribution in [3.05, 3.63) is 53.2 Å². The van der Waals surface area contributed by atoms with Crippen LogP contribution in [0.1, 0.15) is 23.6 Å². The van der Waals surface area contributed by atoms with Crippen molar-refractivity contribution in [1.29, 1.82) is 0 Å². The third-order valence-corrected chi connectivity index (χ3v) is 3.98. The number of hydrogen-bond donors (Lipinski definition) is 1. The van der Waals surface area contributed by atoms with E-state index in [0.717, 1.165) is 27.8 Å². The molecule has 1 amide bonds. The van der Waals surface area contributed by atoms with Crippen molar-refractivity contribution in [3.8, 4) is 0 Å². The van der Waals surface area contributed by atoms with Gasteiger partial charge in [0.05, 0.1) is 6.54 Å². The molecule has 1 aromatic carbocycles. The molecule has 0 spiro atoms. The zero-order valence-corrected chi connectivity index (χ0v) is 13.7. The number of amides is 1. The summed E-state index contributed by atoms with van der Waals surface area (Å²) in [6.45, 7) is -0.198. The molecule has 1 aromatic heterocycles. The second kappa shape index (κ2) is 7.06. The highest BCUT2D eigenvalue weighted by molar-refractivity contribution is 5.78. The van der Waals surface area contributed by atoms with Gasteiger partial charge in [-0.3, -0.25) is 9.36 Å². The number of carbonyl (C=O) groups excluding carboxylic acids is 1. The Hall–Kier alpha value is -2.82. The van der Waals surface area contributed by atoms with Gasteiger partial charge in [0.25, 0.3) is 0 Å². The Labute approximate surface area is 150 Å². The molecule has 27 heavy (non-hydrogen) atoms. The number of nitrogens with two attached hydrogens (primary N) is 1. The van der Waals surface area contributed by atoms with Crippen molar-refractivity contribution >= 4 is 12.1 Å². The molecule has 1 aliphatic heterocycles. The van der Waals surface area contributed by atoms with Gasteiger partial charge in [0.2, 0.25) is 11.7 Å². The smallest absolute Gasteiger partial charge is 0.327 e. The minimum absolute atomic E-state index is 0.00378. The van der Waals surface area contributed by atoms with E-state index in [0.29, 0.717) is 0 Å². The second-order valence-electron chi connectivity index (χ2n) is 6.03. The van der Waals surface area contributed by atoms with Crippen LogP contribution in [0, 0.1) is 11.6 Å². The van der Waals surface area contributed by atoms with E-state index >= 15 is 0 Å². The minimum atomic E-state index is -4.66. The Morgan fingerprint density at radius 1 is 1.22 bits per heavy atom. The van der Waals surface area contributed by atoms with Crippen LogP contribution >= 0.6 is 0 Å². The maximum Gasteiger partial charge on any atom is 0.452 e. The van der Waals surface area contributed by atoms with Crippen LogP contribution in [0.4, 0.5) is 22.0 Å². The van der Waals surface area contributed by atoms with Crippen molar-refractivity contribution in [2.24, 2.45) is 5.73 Å². The quantitative estimate of drug-likeness (QED) is 0.817. The van der Waals surface area contributed by atoms with Crippen LogP contribution in [0.2, 0.25) is 0 Å². The number of nitrogens with zero attached hydrogens (tertiary/aromatic N) is 4. The van der Waals surface area contributed by atoms with Crippen molar-refractivity contribution in [1.82, 2.24) is 19.7 Å². The first-order chi connectivity index (χ1) is 12.6. The average molecular weight is 387 g/mol. The maximum absolute atomic E-state index is 13.7. The number of alkyl halides is 3. The van der Waals surface area contributed by atoms with E-state index in [-0.39, 0.29) is 30.8 Å². The van der Waals surface area contributed by atoms with Crippen molar-refractivity contribution in [2.45, 2.75) is 31.6 Å². The lowest BCUT2D eigenvalue weighted by Gasteiger charge is -2.23. The van der Waals surface area contributed by atoms with Crippen LogP contribution in [-0.4, -0.2) is 31.6 Å². The van der Waals surface area contributed by atoms with Crippen molar-refractivity contribution < 1.29 is 26.7 Å². The van der Waals surface area contributed by atoms with Gasteiger partial charge in [-0.05, 0) is 18.1 Å². The molecule has 11 heteroatoms. The summed E-state index contributed by atoms with van der Waals surface area (Å²) < 4.78 is 65.7. The molecule has 0 saturated heterocycles. The van der Waals surface area contributed by atoms with Crippen LogP contribution in [0.25, 0.3) is 6.20 Å². The summed E-state index contributed by atoms with van der Waals surface area (Å²) in [6.07, 6.45) is -2.61.